The number of nitro groups is 1. The van der Waals surface area contributed by atoms with E-state index in [0.29, 0.717) is 6.04 Å². The van der Waals surface area contributed by atoms with Crippen molar-refractivity contribution < 1.29 is 4.92 Å². The lowest BCUT2D eigenvalue weighted by Crippen LogP contribution is -2.26. The van der Waals surface area contributed by atoms with Gasteiger partial charge in [0.05, 0.1) is 4.92 Å². The van der Waals surface area contributed by atoms with E-state index in [1.807, 2.05) is 18.2 Å². The molecule has 0 spiro atoms. The average Bonchev–Trinajstić information content (AvgIpc) is 2.77. The van der Waals surface area contributed by atoms with Gasteiger partial charge in [0.2, 0.25) is 0 Å². The lowest BCUT2D eigenvalue weighted by atomic mass is 10.1. The zero-order valence-corrected chi connectivity index (χ0v) is 9.71. The molecule has 0 bridgehead atoms. The zero-order chi connectivity index (χ0) is 12.3. The van der Waals surface area contributed by atoms with Crippen molar-refractivity contribution in [1.82, 2.24) is 4.90 Å². The molecule has 1 aromatic carbocycles. The van der Waals surface area contributed by atoms with Crippen LogP contribution < -0.4 is 0 Å². The van der Waals surface area contributed by atoms with Crippen LogP contribution in [0.5, 0.6) is 0 Å². The van der Waals surface area contributed by atoms with Gasteiger partial charge in [-0.15, -0.1) is 6.58 Å². The van der Waals surface area contributed by atoms with Crippen LogP contribution in [0, 0.1) is 10.1 Å². The van der Waals surface area contributed by atoms with Crippen LogP contribution in [0.15, 0.2) is 36.9 Å². The number of hydrogen-bond donors (Lipinski definition) is 0. The first-order valence-electron chi connectivity index (χ1n) is 5.80. The largest absolute Gasteiger partial charge is 0.293 e. The molecule has 0 N–H and O–H groups in total. The van der Waals surface area contributed by atoms with E-state index >= 15 is 0 Å². The van der Waals surface area contributed by atoms with E-state index in [1.165, 1.54) is 6.42 Å². The van der Waals surface area contributed by atoms with E-state index < -0.39 is 0 Å². The Bertz CT molecular complexity index is 414. The molecule has 4 heteroatoms. The second kappa shape index (κ2) is 5.10. The molecule has 1 aliphatic heterocycles. The van der Waals surface area contributed by atoms with Crippen LogP contribution in [0.25, 0.3) is 0 Å². The molecule has 17 heavy (non-hydrogen) atoms. The van der Waals surface area contributed by atoms with Gasteiger partial charge in [-0.25, -0.2) is 0 Å². The summed E-state index contributed by atoms with van der Waals surface area (Å²) >= 11 is 0. The minimum Gasteiger partial charge on any atom is -0.293 e. The van der Waals surface area contributed by atoms with E-state index in [1.54, 1.807) is 12.1 Å². The van der Waals surface area contributed by atoms with Crippen molar-refractivity contribution in [3.05, 3.63) is 52.6 Å². The van der Waals surface area contributed by atoms with Crippen molar-refractivity contribution in [3.63, 3.8) is 0 Å². The Morgan fingerprint density at radius 3 is 2.76 bits per heavy atom. The van der Waals surface area contributed by atoms with Crippen molar-refractivity contribution >= 4 is 5.69 Å². The van der Waals surface area contributed by atoms with Gasteiger partial charge < -0.3 is 0 Å². The van der Waals surface area contributed by atoms with Gasteiger partial charge in [-0.1, -0.05) is 18.2 Å². The van der Waals surface area contributed by atoms with Crippen LogP contribution >= 0.6 is 0 Å². The fourth-order valence-corrected chi connectivity index (χ4v) is 2.27. The van der Waals surface area contributed by atoms with E-state index in [4.69, 9.17) is 0 Å². The number of benzene rings is 1. The SMILES string of the molecule is C=C[C@@H]1CCCN1Cc1ccc([N+](=O)[O-])cc1. The van der Waals surface area contributed by atoms with E-state index in [9.17, 15) is 10.1 Å². The summed E-state index contributed by atoms with van der Waals surface area (Å²) in [7, 11) is 0. The van der Waals surface area contributed by atoms with Gasteiger partial charge in [0, 0.05) is 24.7 Å². The van der Waals surface area contributed by atoms with Gasteiger partial charge in [0.1, 0.15) is 0 Å². The van der Waals surface area contributed by atoms with Crippen LogP contribution in [-0.4, -0.2) is 22.4 Å². The van der Waals surface area contributed by atoms with Crippen LogP contribution in [-0.2, 0) is 6.54 Å². The normalized spacial score (nSPS) is 20.4. The van der Waals surface area contributed by atoms with E-state index in [0.717, 1.165) is 25.1 Å². The molecule has 0 saturated carbocycles. The number of rotatable bonds is 4. The Morgan fingerprint density at radius 1 is 1.47 bits per heavy atom. The smallest absolute Gasteiger partial charge is 0.269 e. The van der Waals surface area contributed by atoms with Crippen LogP contribution in [0.3, 0.4) is 0 Å². The van der Waals surface area contributed by atoms with Crippen LogP contribution in [0.2, 0.25) is 0 Å². The van der Waals surface area contributed by atoms with Gasteiger partial charge >= 0.3 is 0 Å². The Morgan fingerprint density at radius 2 is 2.18 bits per heavy atom. The molecule has 90 valence electrons. The lowest BCUT2D eigenvalue weighted by molar-refractivity contribution is -0.384. The third kappa shape index (κ3) is 2.71. The molecular formula is C13H16N2O2. The first-order valence-corrected chi connectivity index (χ1v) is 5.80. The van der Waals surface area contributed by atoms with Gasteiger partial charge in [0.15, 0.2) is 0 Å². The molecule has 2 rings (SSSR count). The summed E-state index contributed by atoms with van der Waals surface area (Å²) in [5.41, 5.74) is 1.26. The standard InChI is InChI=1S/C13H16N2O2/c1-2-12-4-3-9-14(12)10-11-5-7-13(8-6-11)15(16)17/h2,5-8,12H,1,3-4,9-10H2/t12-/m1/s1. The highest BCUT2D eigenvalue weighted by Gasteiger charge is 2.21. The quantitative estimate of drug-likeness (QED) is 0.455. The maximum Gasteiger partial charge on any atom is 0.269 e. The molecule has 1 saturated heterocycles. The van der Waals surface area contributed by atoms with Gasteiger partial charge in [-0.05, 0) is 24.9 Å². The molecule has 0 amide bonds. The number of non-ortho nitro benzene ring substituents is 1. The van der Waals surface area contributed by atoms with Crippen molar-refractivity contribution in [2.45, 2.75) is 25.4 Å². The van der Waals surface area contributed by atoms with Crippen molar-refractivity contribution in [2.75, 3.05) is 6.54 Å². The van der Waals surface area contributed by atoms with Crippen molar-refractivity contribution in [2.24, 2.45) is 0 Å². The van der Waals surface area contributed by atoms with E-state index in [2.05, 4.69) is 11.5 Å². The highest BCUT2D eigenvalue weighted by Crippen LogP contribution is 2.21. The van der Waals surface area contributed by atoms with Crippen LogP contribution in [0.1, 0.15) is 18.4 Å². The topological polar surface area (TPSA) is 46.4 Å². The number of nitrogens with zero attached hydrogens (tertiary/aromatic N) is 2. The molecular weight excluding hydrogens is 216 g/mol. The highest BCUT2D eigenvalue weighted by molar-refractivity contribution is 5.32. The average molecular weight is 232 g/mol. The summed E-state index contributed by atoms with van der Waals surface area (Å²) < 4.78 is 0. The Kier molecular flexibility index (Phi) is 3.54. The third-order valence-electron chi connectivity index (χ3n) is 3.22. The summed E-state index contributed by atoms with van der Waals surface area (Å²) in [6.07, 6.45) is 4.35. The van der Waals surface area contributed by atoms with Gasteiger partial charge in [-0.3, -0.25) is 15.0 Å². The Labute approximate surface area is 101 Å². The molecule has 4 nitrogen and oxygen atoms in total. The minimum atomic E-state index is -0.369. The third-order valence-corrected chi connectivity index (χ3v) is 3.22. The molecule has 1 aliphatic rings. The van der Waals surface area contributed by atoms with Crippen molar-refractivity contribution in [3.8, 4) is 0 Å². The lowest BCUT2D eigenvalue weighted by Gasteiger charge is -2.21. The van der Waals surface area contributed by atoms with E-state index in [-0.39, 0.29) is 10.6 Å². The van der Waals surface area contributed by atoms with Gasteiger partial charge in [-0.2, -0.15) is 0 Å². The molecule has 1 aromatic rings. The maximum atomic E-state index is 10.5. The first kappa shape index (κ1) is 11.8. The second-order valence-corrected chi connectivity index (χ2v) is 4.34. The number of likely N-dealkylation sites (tertiary alicyclic amines) is 1. The monoisotopic (exact) mass is 232 g/mol. The summed E-state index contributed by atoms with van der Waals surface area (Å²) in [6.45, 7) is 5.76. The van der Waals surface area contributed by atoms with Crippen LogP contribution in [0.4, 0.5) is 5.69 Å². The van der Waals surface area contributed by atoms with Gasteiger partial charge in [0.25, 0.3) is 5.69 Å². The fourth-order valence-electron chi connectivity index (χ4n) is 2.27. The minimum absolute atomic E-state index is 0.149. The second-order valence-electron chi connectivity index (χ2n) is 4.34. The molecule has 0 aromatic heterocycles. The summed E-state index contributed by atoms with van der Waals surface area (Å²) in [5.74, 6) is 0. The predicted octanol–water partition coefficient (Wildman–Crippen LogP) is 2.75. The molecule has 0 unspecified atom stereocenters. The summed E-state index contributed by atoms with van der Waals surface area (Å²) in [5, 5.41) is 10.5. The summed E-state index contributed by atoms with van der Waals surface area (Å²) in [6, 6.07) is 7.24. The predicted molar refractivity (Wildman–Crippen MR) is 66.7 cm³/mol. The zero-order valence-electron chi connectivity index (χ0n) is 9.71. The highest BCUT2D eigenvalue weighted by atomic mass is 16.6. The Hall–Kier alpha value is -1.68. The Balaban J connectivity index is 2.03. The van der Waals surface area contributed by atoms with Crippen molar-refractivity contribution in [1.29, 1.82) is 0 Å². The molecule has 1 fully saturated rings. The molecule has 0 aliphatic carbocycles. The molecule has 1 atom stereocenters. The molecule has 0 radical (unpaired) electrons. The first-order chi connectivity index (χ1) is 8.20. The fraction of sp³-hybridized carbons (Fsp3) is 0.385. The molecule has 1 heterocycles. The maximum absolute atomic E-state index is 10.5. The number of nitro benzene ring substituents is 1. The summed E-state index contributed by atoms with van der Waals surface area (Å²) in [4.78, 5) is 12.5. The number of hydrogen-bond acceptors (Lipinski definition) is 3.